The molecule has 0 radical (unpaired) electrons. The van der Waals surface area contributed by atoms with Crippen molar-refractivity contribution in [1.29, 1.82) is 0 Å². The minimum Gasteiger partial charge on any atom is -0.346 e. The molecule has 0 aliphatic carbocycles. The number of carbonyl (C=O) groups is 2. The maximum atomic E-state index is 12.3. The van der Waals surface area contributed by atoms with Gasteiger partial charge in [0.15, 0.2) is 11.5 Å². The van der Waals surface area contributed by atoms with Gasteiger partial charge in [0.05, 0.1) is 18.6 Å². The molecule has 2 atom stereocenters. The average molecular weight is 346 g/mol. The number of nitrogens with one attached hydrogen (secondary N) is 2. The van der Waals surface area contributed by atoms with Gasteiger partial charge < -0.3 is 16.4 Å². The van der Waals surface area contributed by atoms with E-state index in [-0.39, 0.29) is 36.2 Å². The van der Waals surface area contributed by atoms with E-state index >= 15 is 0 Å². The number of nitrogens with two attached hydrogens (primary N) is 1. The summed E-state index contributed by atoms with van der Waals surface area (Å²) < 4.78 is 1.85. The van der Waals surface area contributed by atoms with Crippen LogP contribution in [0.25, 0.3) is 5.65 Å². The molecule has 25 heavy (non-hydrogen) atoms. The van der Waals surface area contributed by atoms with Crippen LogP contribution in [-0.2, 0) is 9.59 Å². The third-order valence-electron chi connectivity index (χ3n) is 4.05. The summed E-state index contributed by atoms with van der Waals surface area (Å²) in [4.78, 5) is 24.1. The first kappa shape index (κ1) is 18.9. The van der Waals surface area contributed by atoms with Gasteiger partial charge in [0.25, 0.3) is 0 Å². The van der Waals surface area contributed by atoms with Crippen LogP contribution in [-0.4, -0.2) is 39.0 Å². The van der Waals surface area contributed by atoms with E-state index in [9.17, 15) is 9.59 Å². The minimum atomic E-state index is -0.630. The Bertz CT molecular complexity index is 740. The topological polar surface area (TPSA) is 114 Å². The van der Waals surface area contributed by atoms with Crippen molar-refractivity contribution in [3.8, 4) is 0 Å². The first-order chi connectivity index (χ1) is 11.8. The molecule has 0 aliphatic heterocycles. The van der Waals surface area contributed by atoms with Crippen LogP contribution in [0.5, 0.6) is 0 Å². The number of carbonyl (C=O) groups excluding carboxylic acids is 2. The molecular formula is C17H26N6O2. The number of hydrogen-bond acceptors (Lipinski definition) is 5. The van der Waals surface area contributed by atoms with Crippen molar-refractivity contribution in [2.75, 3.05) is 6.54 Å². The normalized spacial score (nSPS) is 13.9. The molecule has 8 nitrogen and oxygen atoms in total. The number of aromatic nitrogens is 3. The predicted molar refractivity (Wildman–Crippen MR) is 94.5 cm³/mol. The van der Waals surface area contributed by atoms with Gasteiger partial charge in [-0.05, 0) is 24.0 Å². The summed E-state index contributed by atoms with van der Waals surface area (Å²) in [6.07, 6.45) is 1.86. The summed E-state index contributed by atoms with van der Waals surface area (Å²) in [5.41, 5.74) is 6.49. The second kappa shape index (κ2) is 8.06. The maximum absolute atomic E-state index is 12.3. The highest BCUT2D eigenvalue weighted by atomic mass is 16.2. The molecule has 136 valence electrons. The lowest BCUT2D eigenvalue weighted by atomic mass is 10.0. The zero-order valence-electron chi connectivity index (χ0n) is 15.1. The molecule has 2 aromatic rings. The maximum Gasteiger partial charge on any atom is 0.239 e. The van der Waals surface area contributed by atoms with E-state index in [1.165, 1.54) is 0 Å². The second-order valence-electron chi connectivity index (χ2n) is 6.76. The summed E-state index contributed by atoms with van der Waals surface area (Å²) in [5.74, 6) is 0.137. The van der Waals surface area contributed by atoms with Crippen molar-refractivity contribution in [2.24, 2.45) is 17.6 Å². The fourth-order valence-corrected chi connectivity index (χ4v) is 2.41. The quantitative estimate of drug-likeness (QED) is 0.681. The molecule has 2 rings (SSSR count). The number of hydrogen-bond donors (Lipinski definition) is 3. The van der Waals surface area contributed by atoms with Gasteiger partial charge >= 0.3 is 0 Å². The number of amides is 2. The molecule has 2 amide bonds. The molecule has 0 fully saturated rings. The van der Waals surface area contributed by atoms with Gasteiger partial charge in [0.2, 0.25) is 11.8 Å². The van der Waals surface area contributed by atoms with Crippen LogP contribution in [0.1, 0.15) is 39.6 Å². The first-order valence-electron chi connectivity index (χ1n) is 8.43. The number of fused-ring (bicyclic) bond motifs is 1. The van der Waals surface area contributed by atoms with Crippen molar-refractivity contribution in [3.63, 3.8) is 0 Å². The summed E-state index contributed by atoms with van der Waals surface area (Å²) >= 11 is 0. The van der Waals surface area contributed by atoms with Crippen LogP contribution in [0.15, 0.2) is 24.4 Å². The Kier molecular flexibility index (Phi) is 6.08. The molecule has 8 heteroatoms. The SMILES string of the molecule is CC(C)C(NC(=O)CNC(=O)[C@@H](N)C(C)C)c1nnc2ccccn12. The van der Waals surface area contributed by atoms with Crippen LogP contribution < -0.4 is 16.4 Å². The lowest BCUT2D eigenvalue weighted by Gasteiger charge is -2.21. The molecule has 4 N–H and O–H groups in total. The number of rotatable bonds is 7. The van der Waals surface area contributed by atoms with Gasteiger partial charge in [-0.1, -0.05) is 33.8 Å². The van der Waals surface area contributed by atoms with Gasteiger partial charge in [-0.25, -0.2) is 0 Å². The van der Waals surface area contributed by atoms with Gasteiger partial charge in [0, 0.05) is 6.20 Å². The smallest absolute Gasteiger partial charge is 0.239 e. The summed E-state index contributed by atoms with van der Waals surface area (Å²) in [6.45, 7) is 7.56. The number of pyridine rings is 1. The summed E-state index contributed by atoms with van der Waals surface area (Å²) in [6, 6.07) is 4.66. The summed E-state index contributed by atoms with van der Waals surface area (Å²) in [5, 5.41) is 13.8. The molecule has 0 aliphatic rings. The lowest BCUT2D eigenvalue weighted by Crippen LogP contribution is -2.48. The largest absolute Gasteiger partial charge is 0.346 e. The molecule has 0 aromatic carbocycles. The zero-order valence-corrected chi connectivity index (χ0v) is 15.1. The van der Waals surface area contributed by atoms with Crippen LogP contribution in [0.4, 0.5) is 0 Å². The van der Waals surface area contributed by atoms with Gasteiger partial charge in [0.1, 0.15) is 0 Å². The summed E-state index contributed by atoms with van der Waals surface area (Å²) in [7, 11) is 0. The van der Waals surface area contributed by atoms with Gasteiger partial charge in [-0.3, -0.25) is 14.0 Å². The van der Waals surface area contributed by atoms with Crippen LogP contribution in [0, 0.1) is 11.8 Å². The monoisotopic (exact) mass is 346 g/mol. The molecule has 0 spiro atoms. The standard InChI is InChI=1S/C17H26N6O2/c1-10(2)14(18)17(25)19-9-13(24)20-15(11(3)4)16-22-21-12-7-5-6-8-23(12)16/h5-8,10-11,14-15H,9,18H2,1-4H3,(H,19,25)(H,20,24)/t14-,15?/m0/s1. The van der Waals surface area contributed by atoms with Crippen LogP contribution in [0.2, 0.25) is 0 Å². The molecule has 1 unspecified atom stereocenters. The Hall–Kier alpha value is -2.48. The fourth-order valence-electron chi connectivity index (χ4n) is 2.41. The van der Waals surface area contributed by atoms with Crippen molar-refractivity contribution >= 4 is 17.5 Å². The van der Waals surface area contributed by atoms with Crippen LogP contribution >= 0.6 is 0 Å². The highest BCUT2D eigenvalue weighted by Crippen LogP contribution is 2.20. The van der Waals surface area contributed by atoms with Gasteiger partial charge in [-0.2, -0.15) is 0 Å². The van der Waals surface area contributed by atoms with Crippen molar-refractivity contribution in [1.82, 2.24) is 25.2 Å². The highest BCUT2D eigenvalue weighted by Gasteiger charge is 2.24. The van der Waals surface area contributed by atoms with Crippen molar-refractivity contribution in [3.05, 3.63) is 30.2 Å². The lowest BCUT2D eigenvalue weighted by molar-refractivity contribution is -0.127. The van der Waals surface area contributed by atoms with E-state index in [1.807, 2.05) is 56.5 Å². The van der Waals surface area contributed by atoms with Crippen molar-refractivity contribution in [2.45, 2.75) is 39.8 Å². The molecule has 2 heterocycles. The average Bonchev–Trinajstić information content (AvgIpc) is 3.00. The van der Waals surface area contributed by atoms with E-state index in [2.05, 4.69) is 20.8 Å². The zero-order chi connectivity index (χ0) is 18.6. The van der Waals surface area contributed by atoms with Gasteiger partial charge in [-0.15, -0.1) is 10.2 Å². The van der Waals surface area contributed by atoms with E-state index in [0.717, 1.165) is 0 Å². The Balaban J connectivity index is 2.04. The molecule has 0 saturated carbocycles. The second-order valence-corrected chi connectivity index (χ2v) is 6.76. The Morgan fingerprint density at radius 1 is 1.16 bits per heavy atom. The third kappa shape index (κ3) is 4.54. The van der Waals surface area contributed by atoms with E-state index in [4.69, 9.17) is 5.73 Å². The minimum absolute atomic E-state index is 0.00818. The fraction of sp³-hybridized carbons (Fsp3) is 0.529. The molecule has 0 saturated heterocycles. The number of nitrogens with zero attached hydrogens (tertiary/aromatic N) is 3. The molecule has 0 bridgehead atoms. The third-order valence-corrected chi connectivity index (χ3v) is 4.05. The Morgan fingerprint density at radius 2 is 1.88 bits per heavy atom. The van der Waals surface area contributed by atoms with E-state index < -0.39 is 6.04 Å². The van der Waals surface area contributed by atoms with Crippen molar-refractivity contribution < 1.29 is 9.59 Å². The predicted octanol–water partition coefficient (Wildman–Crippen LogP) is 0.642. The molecule has 2 aromatic heterocycles. The molecular weight excluding hydrogens is 320 g/mol. The Labute approximate surface area is 147 Å². The Morgan fingerprint density at radius 3 is 2.52 bits per heavy atom. The highest BCUT2D eigenvalue weighted by molar-refractivity contribution is 5.87. The van der Waals surface area contributed by atoms with E-state index in [1.54, 1.807) is 0 Å². The first-order valence-corrected chi connectivity index (χ1v) is 8.43. The van der Waals surface area contributed by atoms with Crippen LogP contribution in [0.3, 0.4) is 0 Å². The van der Waals surface area contributed by atoms with E-state index in [0.29, 0.717) is 11.5 Å².